The Hall–Kier alpha value is -1.60. The number of halogens is 1. The zero-order valence-corrected chi connectivity index (χ0v) is 11.7. The van der Waals surface area contributed by atoms with Crippen molar-refractivity contribution in [3.63, 3.8) is 0 Å². The fourth-order valence-electron chi connectivity index (χ4n) is 2.29. The second-order valence-electron chi connectivity index (χ2n) is 4.84. The molecule has 0 aliphatic rings. The minimum atomic E-state index is 0.218. The van der Waals surface area contributed by atoms with Gasteiger partial charge in [0.05, 0.1) is 0 Å². The Bertz CT molecular complexity index is 531. The van der Waals surface area contributed by atoms with Gasteiger partial charge >= 0.3 is 0 Å². The maximum absolute atomic E-state index is 11.5. The fourth-order valence-corrected chi connectivity index (χ4v) is 2.41. The van der Waals surface area contributed by atoms with Crippen molar-refractivity contribution in [2.45, 2.75) is 25.7 Å². The van der Waals surface area contributed by atoms with Gasteiger partial charge in [-0.1, -0.05) is 54.1 Å². The highest BCUT2D eigenvalue weighted by molar-refractivity contribution is 6.30. The van der Waals surface area contributed by atoms with Crippen LogP contribution in [0.4, 0.5) is 0 Å². The van der Waals surface area contributed by atoms with Gasteiger partial charge in [-0.25, -0.2) is 0 Å². The normalized spacial score (nSPS) is 12.1. The van der Waals surface area contributed by atoms with Gasteiger partial charge in [-0.15, -0.1) is 0 Å². The molecular formula is C17H17ClO. The molecule has 2 rings (SSSR count). The predicted octanol–water partition coefficient (Wildman–Crippen LogP) is 4.65. The molecule has 0 amide bonds. The summed E-state index contributed by atoms with van der Waals surface area (Å²) in [4.78, 5) is 11.5. The number of hydrogen-bond acceptors (Lipinski definition) is 1. The van der Waals surface area contributed by atoms with Gasteiger partial charge in [-0.3, -0.25) is 0 Å². The smallest absolute Gasteiger partial charge is 0.130 e. The van der Waals surface area contributed by atoms with Gasteiger partial charge in [0.15, 0.2) is 0 Å². The second kappa shape index (κ2) is 6.53. The minimum Gasteiger partial charge on any atom is -0.300 e. The summed E-state index contributed by atoms with van der Waals surface area (Å²) in [5.74, 6) is 0.438. The van der Waals surface area contributed by atoms with Gasteiger partial charge in [-0.2, -0.15) is 0 Å². The van der Waals surface area contributed by atoms with Crippen molar-refractivity contribution in [1.82, 2.24) is 0 Å². The second-order valence-corrected chi connectivity index (χ2v) is 5.28. The summed E-state index contributed by atoms with van der Waals surface area (Å²) in [5, 5.41) is 0.727. The molecule has 2 heteroatoms. The van der Waals surface area contributed by atoms with Crippen LogP contribution in [0.15, 0.2) is 54.6 Å². The first kappa shape index (κ1) is 13.8. The van der Waals surface area contributed by atoms with Crippen molar-refractivity contribution < 1.29 is 4.79 Å². The molecular weight excluding hydrogens is 256 g/mol. The monoisotopic (exact) mass is 272 g/mol. The van der Waals surface area contributed by atoms with Gasteiger partial charge in [0.2, 0.25) is 0 Å². The molecule has 19 heavy (non-hydrogen) atoms. The molecule has 0 spiro atoms. The summed E-state index contributed by atoms with van der Waals surface area (Å²) in [6, 6.07) is 18.1. The quantitative estimate of drug-likeness (QED) is 0.775. The van der Waals surface area contributed by atoms with Crippen molar-refractivity contribution in [3.05, 3.63) is 70.7 Å². The van der Waals surface area contributed by atoms with Gasteiger partial charge in [0, 0.05) is 11.4 Å². The van der Waals surface area contributed by atoms with E-state index in [1.54, 1.807) is 6.92 Å². The average Bonchev–Trinajstić information content (AvgIpc) is 2.39. The number of carbonyl (C=O) groups is 1. The number of hydrogen-bond donors (Lipinski definition) is 0. The summed E-state index contributed by atoms with van der Waals surface area (Å²) in [5.41, 5.74) is 2.42. The summed E-state index contributed by atoms with van der Waals surface area (Å²) >= 11 is 5.92. The molecule has 1 unspecified atom stereocenters. The van der Waals surface area contributed by atoms with Crippen LogP contribution in [0, 0.1) is 0 Å². The summed E-state index contributed by atoms with van der Waals surface area (Å²) < 4.78 is 0. The van der Waals surface area contributed by atoms with Crippen LogP contribution < -0.4 is 0 Å². The van der Waals surface area contributed by atoms with Crippen molar-refractivity contribution in [3.8, 4) is 0 Å². The molecule has 0 saturated heterocycles. The van der Waals surface area contributed by atoms with E-state index in [-0.39, 0.29) is 11.7 Å². The SMILES string of the molecule is CC(=O)CC(Cc1ccccc1)c1ccc(Cl)cc1. The molecule has 1 atom stereocenters. The standard InChI is InChI=1S/C17H17ClO/c1-13(19)11-16(12-14-5-3-2-4-6-14)15-7-9-17(18)10-8-15/h2-10,16H,11-12H2,1H3. The van der Waals surface area contributed by atoms with Crippen LogP contribution in [-0.2, 0) is 11.2 Å². The zero-order valence-electron chi connectivity index (χ0n) is 11.0. The zero-order chi connectivity index (χ0) is 13.7. The van der Waals surface area contributed by atoms with Crippen molar-refractivity contribution in [2.75, 3.05) is 0 Å². The fraction of sp³-hybridized carbons (Fsp3) is 0.235. The molecule has 2 aromatic rings. The number of rotatable bonds is 5. The lowest BCUT2D eigenvalue weighted by Crippen LogP contribution is -2.07. The van der Waals surface area contributed by atoms with Crippen LogP contribution in [0.25, 0.3) is 0 Å². The molecule has 0 heterocycles. The van der Waals surface area contributed by atoms with Crippen molar-refractivity contribution >= 4 is 17.4 Å². The third kappa shape index (κ3) is 4.22. The van der Waals surface area contributed by atoms with Gasteiger partial charge in [-0.05, 0) is 42.5 Å². The van der Waals surface area contributed by atoms with E-state index in [2.05, 4.69) is 12.1 Å². The lowest BCUT2D eigenvalue weighted by molar-refractivity contribution is -0.117. The molecule has 0 aromatic heterocycles. The number of ketones is 1. The van der Waals surface area contributed by atoms with Crippen LogP contribution in [0.5, 0.6) is 0 Å². The highest BCUT2D eigenvalue weighted by Crippen LogP contribution is 2.26. The van der Waals surface area contributed by atoms with Crippen molar-refractivity contribution in [2.24, 2.45) is 0 Å². The minimum absolute atomic E-state index is 0.218. The van der Waals surface area contributed by atoms with Crippen LogP contribution in [0.2, 0.25) is 5.02 Å². The average molecular weight is 273 g/mol. The molecule has 0 bridgehead atoms. The Balaban J connectivity index is 2.20. The van der Waals surface area contributed by atoms with E-state index in [9.17, 15) is 4.79 Å². The number of Topliss-reactive ketones (excluding diaryl/α,β-unsaturated/α-hetero) is 1. The third-order valence-corrected chi connectivity index (χ3v) is 3.45. The first-order valence-electron chi connectivity index (χ1n) is 6.44. The van der Waals surface area contributed by atoms with Gasteiger partial charge < -0.3 is 4.79 Å². The molecule has 98 valence electrons. The largest absolute Gasteiger partial charge is 0.300 e. The molecule has 0 aliphatic heterocycles. The molecule has 1 nitrogen and oxygen atoms in total. The Kier molecular flexibility index (Phi) is 4.75. The van der Waals surface area contributed by atoms with E-state index >= 15 is 0 Å². The topological polar surface area (TPSA) is 17.1 Å². The summed E-state index contributed by atoms with van der Waals surface area (Å²) in [7, 11) is 0. The van der Waals surface area contributed by atoms with Gasteiger partial charge in [0.25, 0.3) is 0 Å². The molecule has 0 fully saturated rings. The van der Waals surface area contributed by atoms with Crippen LogP contribution in [0.3, 0.4) is 0 Å². The summed E-state index contributed by atoms with van der Waals surface area (Å²) in [6.07, 6.45) is 1.44. The van der Waals surface area contributed by atoms with Crippen LogP contribution >= 0.6 is 11.6 Å². The van der Waals surface area contributed by atoms with E-state index in [0.717, 1.165) is 11.4 Å². The lowest BCUT2D eigenvalue weighted by atomic mass is 9.88. The highest BCUT2D eigenvalue weighted by Gasteiger charge is 2.14. The highest BCUT2D eigenvalue weighted by atomic mass is 35.5. The molecule has 0 N–H and O–H groups in total. The van der Waals surface area contributed by atoms with E-state index < -0.39 is 0 Å². The maximum Gasteiger partial charge on any atom is 0.130 e. The molecule has 0 aliphatic carbocycles. The number of carbonyl (C=O) groups excluding carboxylic acids is 1. The predicted molar refractivity (Wildman–Crippen MR) is 79.6 cm³/mol. The maximum atomic E-state index is 11.5. The number of benzene rings is 2. The Labute approximate surface area is 119 Å². The Morgan fingerprint density at radius 1 is 1.05 bits per heavy atom. The van der Waals surface area contributed by atoms with Crippen LogP contribution in [-0.4, -0.2) is 5.78 Å². The van der Waals surface area contributed by atoms with Gasteiger partial charge in [0.1, 0.15) is 5.78 Å². The Morgan fingerprint density at radius 2 is 1.68 bits per heavy atom. The van der Waals surface area contributed by atoms with Crippen molar-refractivity contribution in [1.29, 1.82) is 0 Å². The summed E-state index contributed by atoms with van der Waals surface area (Å²) in [6.45, 7) is 1.65. The third-order valence-electron chi connectivity index (χ3n) is 3.20. The van der Waals surface area contributed by atoms with E-state index in [1.165, 1.54) is 11.1 Å². The van der Waals surface area contributed by atoms with E-state index in [4.69, 9.17) is 11.6 Å². The first-order chi connectivity index (χ1) is 9.15. The van der Waals surface area contributed by atoms with E-state index in [1.807, 2.05) is 42.5 Å². The molecule has 2 aromatic carbocycles. The Morgan fingerprint density at radius 3 is 2.26 bits per heavy atom. The van der Waals surface area contributed by atoms with Crippen LogP contribution in [0.1, 0.15) is 30.4 Å². The lowest BCUT2D eigenvalue weighted by Gasteiger charge is -2.16. The first-order valence-corrected chi connectivity index (χ1v) is 6.82. The molecule has 0 radical (unpaired) electrons. The molecule has 0 saturated carbocycles. The van der Waals surface area contributed by atoms with E-state index in [0.29, 0.717) is 6.42 Å².